The molecule has 8 heteroatoms. The highest BCUT2D eigenvalue weighted by atomic mass is 16.5. The summed E-state index contributed by atoms with van der Waals surface area (Å²) >= 11 is 0. The Bertz CT molecular complexity index is 912. The van der Waals surface area contributed by atoms with Gasteiger partial charge in [0.05, 0.1) is 18.7 Å². The smallest absolute Gasteiger partial charge is 0.366 e. The lowest BCUT2D eigenvalue weighted by molar-refractivity contribution is -0.137. The Balaban J connectivity index is 2.31. The molecule has 2 heterocycles. The summed E-state index contributed by atoms with van der Waals surface area (Å²) in [5.41, 5.74) is 0.942. The number of rotatable bonds is 5. The summed E-state index contributed by atoms with van der Waals surface area (Å²) in [6, 6.07) is 7.25. The van der Waals surface area contributed by atoms with Gasteiger partial charge in [0.2, 0.25) is 0 Å². The van der Waals surface area contributed by atoms with Crippen molar-refractivity contribution >= 4 is 28.0 Å². The SMILES string of the molecule is COCCn1nc2c3ccccc3n(CC(=O)O)c2nc1=O. The molecule has 0 fully saturated rings. The average molecular weight is 302 g/mol. The molecule has 0 aliphatic carbocycles. The molecule has 22 heavy (non-hydrogen) atoms. The van der Waals surface area contributed by atoms with Crippen LogP contribution in [-0.4, -0.2) is 44.1 Å². The van der Waals surface area contributed by atoms with E-state index in [2.05, 4.69) is 10.1 Å². The summed E-state index contributed by atoms with van der Waals surface area (Å²) in [7, 11) is 1.54. The first-order chi connectivity index (χ1) is 10.6. The second-order valence-electron chi connectivity index (χ2n) is 4.78. The van der Waals surface area contributed by atoms with Crippen LogP contribution in [0.5, 0.6) is 0 Å². The number of hydrogen-bond donors (Lipinski definition) is 1. The van der Waals surface area contributed by atoms with E-state index in [9.17, 15) is 9.59 Å². The third-order valence-corrected chi connectivity index (χ3v) is 3.36. The van der Waals surface area contributed by atoms with Crippen molar-refractivity contribution in [3.05, 3.63) is 34.7 Å². The average Bonchev–Trinajstić information content (AvgIpc) is 2.78. The monoisotopic (exact) mass is 302 g/mol. The van der Waals surface area contributed by atoms with Gasteiger partial charge in [0, 0.05) is 12.5 Å². The zero-order chi connectivity index (χ0) is 15.7. The van der Waals surface area contributed by atoms with E-state index in [1.165, 1.54) is 16.4 Å². The first-order valence-corrected chi connectivity index (χ1v) is 6.68. The first kappa shape index (κ1) is 14.2. The number of fused-ring (bicyclic) bond motifs is 3. The molecule has 0 aliphatic rings. The second-order valence-corrected chi connectivity index (χ2v) is 4.78. The van der Waals surface area contributed by atoms with Gasteiger partial charge in [0.15, 0.2) is 5.65 Å². The van der Waals surface area contributed by atoms with Gasteiger partial charge in [0.25, 0.3) is 0 Å². The summed E-state index contributed by atoms with van der Waals surface area (Å²) in [4.78, 5) is 27.1. The molecule has 1 aromatic carbocycles. The van der Waals surface area contributed by atoms with Crippen LogP contribution >= 0.6 is 0 Å². The number of aromatic nitrogens is 4. The molecule has 0 aliphatic heterocycles. The lowest BCUT2D eigenvalue weighted by atomic mass is 10.2. The van der Waals surface area contributed by atoms with E-state index in [0.717, 1.165) is 5.39 Å². The first-order valence-electron chi connectivity index (χ1n) is 6.68. The van der Waals surface area contributed by atoms with E-state index in [-0.39, 0.29) is 18.7 Å². The van der Waals surface area contributed by atoms with Crippen LogP contribution in [0.2, 0.25) is 0 Å². The predicted octanol–water partition coefficient (Wildman–Crippen LogP) is 0.477. The van der Waals surface area contributed by atoms with Crippen LogP contribution in [0.15, 0.2) is 29.1 Å². The molecule has 0 bridgehead atoms. The van der Waals surface area contributed by atoms with Crippen LogP contribution in [0.1, 0.15) is 0 Å². The standard InChI is InChI=1S/C14H14N4O4/c1-22-7-6-18-14(21)15-13-12(16-18)9-4-2-3-5-10(9)17(13)8-11(19)20/h2-5H,6-8H2,1H3,(H,19,20). The van der Waals surface area contributed by atoms with E-state index in [1.807, 2.05) is 12.1 Å². The van der Waals surface area contributed by atoms with Crippen molar-refractivity contribution in [2.75, 3.05) is 13.7 Å². The summed E-state index contributed by atoms with van der Waals surface area (Å²) in [5, 5.41) is 14.2. The van der Waals surface area contributed by atoms with E-state index in [1.54, 1.807) is 12.1 Å². The van der Waals surface area contributed by atoms with E-state index in [4.69, 9.17) is 9.84 Å². The quantitative estimate of drug-likeness (QED) is 0.736. The molecule has 2 aromatic heterocycles. The largest absolute Gasteiger partial charge is 0.480 e. The van der Waals surface area contributed by atoms with Gasteiger partial charge in [-0.2, -0.15) is 10.1 Å². The minimum Gasteiger partial charge on any atom is -0.480 e. The summed E-state index contributed by atoms with van der Waals surface area (Å²) in [6.07, 6.45) is 0. The Morgan fingerprint density at radius 3 is 2.86 bits per heavy atom. The molecule has 3 aromatic rings. The second kappa shape index (κ2) is 5.57. The Hall–Kier alpha value is -2.74. The maximum Gasteiger partial charge on any atom is 0.366 e. The van der Waals surface area contributed by atoms with E-state index >= 15 is 0 Å². The van der Waals surface area contributed by atoms with Gasteiger partial charge in [-0.3, -0.25) is 4.79 Å². The normalized spacial score (nSPS) is 11.3. The summed E-state index contributed by atoms with van der Waals surface area (Å²) in [5.74, 6) is -1.01. The van der Waals surface area contributed by atoms with Crippen LogP contribution in [-0.2, 0) is 22.6 Å². The minimum atomic E-state index is -1.01. The van der Waals surface area contributed by atoms with Crippen LogP contribution < -0.4 is 5.69 Å². The number of carboxylic acids is 1. The Labute approximate surface area is 124 Å². The highest BCUT2D eigenvalue weighted by Gasteiger charge is 2.16. The molecule has 0 atom stereocenters. The van der Waals surface area contributed by atoms with Gasteiger partial charge in [-0.25, -0.2) is 9.48 Å². The molecule has 0 saturated heterocycles. The number of ether oxygens (including phenoxy) is 1. The number of methoxy groups -OCH3 is 1. The van der Waals surface area contributed by atoms with Gasteiger partial charge in [0.1, 0.15) is 12.1 Å². The van der Waals surface area contributed by atoms with Crippen LogP contribution in [0.4, 0.5) is 0 Å². The van der Waals surface area contributed by atoms with Crippen LogP contribution in [0.3, 0.4) is 0 Å². The van der Waals surface area contributed by atoms with Gasteiger partial charge in [-0.15, -0.1) is 0 Å². The van der Waals surface area contributed by atoms with Crippen molar-refractivity contribution in [2.45, 2.75) is 13.1 Å². The fourth-order valence-electron chi connectivity index (χ4n) is 2.41. The van der Waals surface area contributed by atoms with Crippen molar-refractivity contribution in [1.29, 1.82) is 0 Å². The lowest BCUT2D eigenvalue weighted by Crippen LogP contribution is -2.27. The number of hydrogen-bond acceptors (Lipinski definition) is 5. The van der Waals surface area contributed by atoms with Crippen molar-refractivity contribution in [1.82, 2.24) is 19.3 Å². The molecular formula is C14H14N4O4. The molecule has 0 unspecified atom stereocenters. The van der Waals surface area contributed by atoms with Crippen molar-refractivity contribution in [2.24, 2.45) is 0 Å². The fourth-order valence-corrected chi connectivity index (χ4v) is 2.41. The Morgan fingerprint density at radius 2 is 2.14 bits per heavy atom. The molecule has 8 nitrogen and oxygen atoms in total. The fraction of sp³-hybridized carbons (Fsp3) is 0.286. The summed E-state index contributed by atoms with van der Waals surface area (Å²) in [6.45, 7) is 0.352. The third kappa shape index (κ3) is 2.33. The van der Waals surface area contributed by atoms with Crippen molar-refractivity contribution in [3.63, 3.8) is 0 Å². The van der Waals surface area contributed by atoms with Gasteiger partial charge in [-0.05, 0) is 6.07 Å². The highest BCUT2D eigenvalue weighted by Crippen LogP contribution is 2.24. The maximum atomic E-state index is 12.0. The van der Waals surface area contributed by atoms with Crippen molar-refractivity contribution in [3.8, 4) is 0 Å². The topological polar surface area (TPSA) is 99.2 Å². The lowest BCUT2D eigenvalue weighted by Gasteiger charge is -2.04. The summed E-state index contributed by atoms with van der Waals surface area (Å²) < 4.78 is 7.66. The number of carbonyl (C=O) groups is 1. The minimum absolute atomic E-state index is 0.278. The third-order valence-electron chi connectivity index (χ3n) is 3.36. The van der Waals surface area contributed by atoms with Gasteiger partial charge >= 0.3 is 11.7 Å². The molecule has 0 amide bonds. The number of benzene rings is 1. The number of nitrogens with zero attached hydrogens (tertiary/aromatic N) is 4. The Morgan fingerprint density at radius 1 is 1.36 bits per heavy atom. The van der Waals surface area contributed by atoms with Crippen molar-refractivity contribution < 1.29 is 14.6 Å². The molecule has 0 saturated carbocycles. The highest BCUT2D eigenvalue weighted by molar-refractivity contribution is 6.04. The molecule has 114 valence electrons. The van der Waals surface area contributed by atoms with Gasteiger partial charge < -0.3 is 14.4 Å². The van der Waals surface area contributed by atoms with Crippen LogP contribution in [0, 0.1) is 0 Å². The Kier molecular flexibility index (Phi) is 3.60. The maximum absolute atomic E-state index is 12.0. The molecule has 0 radical (unpaired) electrons. The molecular weight excluding hydrogens is 288 g/mol. The van der Waals surface area contributed by atoms with E-state index < -0.39 is 11.7 Å². The van der Waals surface area contributed by atoms with E-state index in [0.29, 0.717) is 17.6 Å². The predicted molar refractivity (Wildman–Crippen MR) is 78.8 cm³/mol. The number of carboxylic acid groups (broad SMARTS) is 1. The number of aliphatic carboxylic acids is 1. The zero-order valence-corrected chi connectivity index (χ0v) is 11.9. The van der Waals surface area contributed by atoms with Gasteiger partial charge in [-0.1, -0.05) is 18.2 Å². The molecule has 3 rings (SSSR count). The van der Waals surface area contributed by atoms with Crippen LogP contribution in [0.25, 0.3) is 22.1 Å². The molecule has 1 N–H and O–H groups in total. The zero-order valence-electron chi connectivity index (χ0n) is 11.9. The molecule has 0 spiro atoms. The number of para-hydroxylation sites is 1.